The molecule has 0 bridgehead atoms. The molecule has 0 aliphatic heterocycles. The van der Waals surface area contributed by atoms with Crippen LogP contribution in [0.2, 0.25) is 0 Å². The number of hydrogen-bond donors (Lipinski definition) is 1. The molecule has 1 aromatic carbocycles. The minimum atomic E-state index is 0.242. The van der Waals surface area contributed by atoms with Gasteiger partial charge in [-0.3, -0.25) is 0 Å². The van der Waals surface area contributed by atoms with Crippen LogP contribution in [0, 0.1) is 11.8 Å². The SMILES string of the molecule is COc1ccc(Br)cc1CC(N)C1CCCC(C)C1. The van der Waals surface area contributed by atoms with Crippen molar-refractivity contribution in [2.75, 3.05) is 7.11 Å². The Morgan fingerprint density at radius 3 is 2.89 bits per heavy atom. The summed E-state index contributed by atoms with van der Waals surface area (Å²) in [5.41, 5.74) is 7.66. The van der Waals surface area contributed by atoms with Crippen LogP contribution in [0.4, 0.5) is 0 Å². The molecule has 0 spiro atoms. The molecule has 2 rings (SSSR count). The predicted molar refractivity (Wildman–Crippen MR) is 83.5 cm³/mol. The van der Waals surface area contributed by atoms with Gasteiger partial charge in [0.05, 0.1) is 7.11 Å². The second-order valence-electron chi connectivity index (χ2n) is 5.86. The third kappa shape index (κ3) is 3.96. The number of methoxy groups -OCH3 is 1. The van der Waals surface area contributed by atoms with Crippen LogP contribution < -0.4 is 10.5 Å². The summed E-state index contributed by atoms with van der Waals surface area (Å²) >= 11 is 3.52. The normalized spacial score (nSPS) is 25.1. The number of rotatable bonds is 4. The molecule has 1 aromatic rings. The Labute approximate surface area is 124 Å². The van der Waals surface area contributed by atoms with Gasteiger partial charge in [0.25, 0.3) is 0 Å². The maximum absolute atomic E-state index is 6.45. The minimum Gasteiger partial charge on any atom is -0.496 e. The maximum Gasteiger partial charge on any atom is 0.122 e. The number of ether oxygens (including phenoxy) is 1. The molecular formula is C16H24BrNO. The van der Waals surface area contributed by atoms with Crippen molar-refractivity contribution in [3.05, 3.63) is 28.2 Å². The highest BCUT2D eigenvalue weighted by Crippen LogP contribution is 2.32. The standard InChI is InChI=1S/C16H24BrNO/c1-11-4-3-5-12(8-11)15(18)10-13-9-14(17)6-7-16(13)19-2/h6-7,9,11-12,15H,3-5,8,10,18H2,1-2H3. The molecule has 0 radical (unpaired) electrons. The van der Waals surface area contributed by atoms with Gasteiger partial charge in [-0.2, -0.15) is 0 Å². The van der Waals surface area contributed by atoms with Gasteiger partial charge in [0.1, 0.15) is 5.75 Å². The lowest BCUT2D eigenvalue weighted by Gasteiger charge is -2.31. The zero-order valence-corrected chi connectivity index (χ0v) is 13.4. The van der Waals surface area contributed by atoms with Crippen LogP contribution >= 0.6 is 15.9 Å². The molecule has 106 valence electrons. The molecule has 1 saturated carbocycles. The fourth-order valence-corrected chi connectivity index (χ4v) is 3.61. The average Bonchev–Trinajstić information content (AvgIpc) is 2.39. The highest BCUT2D eigenvalue weighted by Gasteiger charge is 2.25. The zero-order chi connectivity index (χ0) is 13.8. The van der Waals surface area contributed by atoms with Crippen LogP contribution in [0.15, 0.2) is 22.7 Å². The Hall–Kier alpha value is -0.540. The summed E-state index contributed by atoms with van der Waals surface area (Å²) in [6.07, 6.45) is 6.15. The molecule has 19 heavy (non-hydrogen) atoms. The zero-order valence-electron chi connectivity index (χ0n) is 11.9. The molecule has 0 saturated heterocycles. The van der Waals surface area contributed by atoms with Gasteiger partial charge >= 0.3 is 0 Å². The van der Waals surface area contributed by atoms with Crippen molar-refractivity contribution in [3.63, 3.8) is 0 Å². The van der Waals surface area contributed by atoms with E-state index in [1.54, 1.807) is 7.11 Å². The summed E-state index contributed by atoms with van der Waals surface area (Å²) in [7, 11) is 1.72. The third-order valence-corrected chi connectivity index (χ3v) is 4.77. The van der Waals surface area contributed by atoms with Crippen molar-refractivity contribution >= 4 is 15.9 Å². The van der Waals surface area contributed by atoms with Gasteiger partial charge in [0.2, 0.25) is 0 Å². The van der Waals surface area contributed by atoms with Crippen LogP contribution in [-0.2, 0) is 6.42 Å². The summed E-state index contributed by atoms with van der Waals surface area (Å²) < 4.78 is 6.52. The summed E-state index contributed by atoms with van der Waals surface area (Å²) in [4.78, 5) is 0. The number of hydrogen-bond acceptors (Lipinski definition) is 2. The van der Waals surface area contributed by atoms with Gasteiger partial charge in [0, 0.05) is 10.5 Å². The van der Waals surface area contributed by atoms with Gasteiger partial charge < -0.3 is 10.5 Å². The fourth-order valence-electron chi connectivity index (χ4n) is 3.20. The monoisotopic (exact) mass is 325 g/mol. The molecule has 3 atom stereocenters. The van der Waals surface area contributed by atoms with Crippen LogP contribution in [0.5, 0.6) is 5.75 Å². The van der Waals surface area contributed by atoms with Gasteiger partial charge in [-0.05, 0) is 54.9 Å². The van der Waals surface area contributed by atoms with Crippen molar-refractivity contribution in [3.8, 4) is 5.75 Å². The average molecular weight is 326 g/mol. The molecule has 2 nitrogen and oxygen atoms in total. The Bertz CT molecular complexity index is 421. The second kappa shape index (κ2) is 6.76. The van der Waals surface area contributed by atoms with Gasteiger partial charge in [-0.1, -0.05) is 35.7 Å². The lowest BCUT2D eigenvalue weighted by molar-refractivity contribution is 0.244. The van der Waals surface area contributed by atoms with E-state index in [1.807, 2.05) is 12.1 Å². The van der Waals surface area contributed by atoms with E-state index in [-0.39, 0.29) is 6.04 Å². The van der Waals surface area contributed by atoms with Gasteiger partial charge in [0.15, 0.2) is 0 Å². The largest absolute Gasteiger partial charge is 0.496 e. The first kappa shape index (κ1) is 14.9. The van der Waals surface area contributed by atoms with E-state index in [1.165, 1.54) is 31.2 Å². The lowest BCUT2D eigenvalue weighted by atomic mass is 9.77. The van der Waals surface area contributed by atoms with Crippen LogP contribution in [0.3, 0.4) is 0 Å². The third-order valence-electron chi connectivity index (χ3n) is 4.28. The lowest BCUT2D eigenvalue weighted by Crippen LogP contribution is -2.35. The number of benzene rings is 1. The van der Waals surface area contributed by atoms with Crippen molar-refractivity contribution in [1.82, 2.24) is 0 Å². The molecule has 1 aliphatic carbocycles. The van der Waals surface area contributed by atoms with Crippen molar-refractivity contribution in [2.24, 2.45) is 17.6 Å². The van der Waals surface area contributed by atoms with Crippen molar-refractivity contribution in [1.29, 1.82) is 0 Å². The Kier molecular flexibility index (Phi) is 5.28. The van der Waals surface area contributed by atoms with Crippen molar-refractivity contribution < 1.29 is 4.74 Å². The first-order valence-corrected chi connectivity index (χ1v) is 7.97. The van der Waals surface area contributed by atoms with Crippen LogP contribution in [0.1, 0.15) is 38.2 Å². The van der Waals surface area contributed by atoms with Crippen LogP contribution in [0.25, 0.3) is 0 Å². The van der Waals surface area contributed by atoms with Crippen LogP contribution in [-0.4, -0.2) is 13.2 Å². The Morgan fingerprint density at radius 2 is 2.21 bits per heavy atom. The number of nitrogens with two attached hydrogens (primary N) is 1. The molecule has 1 aliphatic rings. The molecule has 0 amide bonds. The smallest absolute Gasteiger partial charge is 0.122 e. The quantitative estimate of drug-likeness (QED) is 0.902. The van der Waals surface area contributed by atoms with Gasteiger partial charge in [-0.15, -0.1) is 0 Å². The highest BCUT2D eigenvalue weighted by molar-refractivity contribution is 9.10. The van der Waals surface area contributed by atoms with E-state index < -0.39 is 0 Å². The Morgan fingerprint density at radius 1 is 1.42 bits per heavy atom. The number of halogens is 1. The maximum atomic E-state index is 6.45. The highest BCUT2D eigenvalue weighted by atomic mass is 79.9. The molecule has 3 heteroatoms. The van der Waals surface area contributed by atoms with E-state index in [9.17, 15) is 0 Å². The summed E-state index contributed by atoms with van der Waals surface area (Å²) in [6, 6.07) is 6.39. The van der Waals surface area contributed by atoms with Gasteiger partial charge in [-0.25, -0.2) is 0 Å². The fraction of sp³-hybridized carbons (Fsp3) is 0.625. The first-order valence-electron chi connectivity index (χ1n) is 7.18. The summed E-state index contributed by atoms with van der Waals surface area (Å²) in [5, 5.41) is 0. The molecule has 0 heterocycles. The predicted octanol–water partition coefficient (Wildman–Crippen LogP) is 4.15. The van der Waals surface area contributed by atoms with Crippen molar-refractivity contribution in [2.45, 2.75) is 45.1 Å². The van der Waals surface area contributed by atoms with E-state index >= 15 is 0 Å². The Balaban J connectivity index is 2.05. The van der Waals surface area contributed by atoms with E-state index in [2.05, 4.69) is 28.9 Å². The molecular weight excluding hydrogens is 302 g/mol. The second-order valence-corrected chi connectivity index (χ2v) is 6.77. The van der Waals surface area contributed by atoms with E-state index in [4.69, 9.17) is 10.5 Å². The van der Waals surface area contributed by atoms with E-state index in [0.717, 1.165) is 22.6 Å². The minimum absolute atomic E-state index is 0.242. The molecule has 3 unspecified atom stereocenters. The molecule has 2 N–H and O–H groups in total. The topological polar surface area (TPSA) is 35.2 Å². The van der Waals surface area contributed by atoms with E-state index in [0.29, 0.717) is 5.92 Å². The molecule has 1 fully saturated rings. The molecule has 0 aromatic heterocycles. The summed E-state index contributed by atoms with van der Waals surface area (Å²) in [6.45, 7) is 2.35. The summed E-state index contributed by atoms with van der Waals surface area (Å²) in [5.74, 6) is 2.43. The first-order chi connectivity index (χ1) is 9.10.